The van der Waals surface area contributed by atoms with Gasteiger partial charge in [-0.25, -0.2) is 8.78 Å². The van der Waals surface area contributed by atoms with Crippen LogP contribution < -0.4 is 11.1 Å². The lowest BCUT2D eigenvalue weighted by Crippen LogP contribution is -2.55. The molecule has 10 heteroatoms. The topological polar surface area (TPSA) is 113 Å². The minimum Gasteiger partial charge on any atom is -0.323 e. The van der Waals surface area contributed by atoms with Crippen LogP contribution in [0.2, 0.25) is 0 Å². The molecule has 1 aromatic carbocycles. The van der Waals surface area contributed by atoms with Crippen LogP contribution >= 0.6 is 0 Å². The zero-order valence-corrected chi connectivity index (χ0v) is 15.5. The number of rotatable bonds is 3. The molecule has 0 aliphatic carbocycles. The zero-order chi connectivity index (χ0) is 20.9. The van der Waals surface area contributed by atoms with Gasteiger partial charge < -0.3 is 5.73 Å². The average molecular weight is 406 g/mol. The number of hydrogen-bond acceptors (Lipinski definition) is 6. The zero-order valence-electron chi connectivity index (χ0n) is 15.5. The summed E-state index contributed by atoms with van der Waals surface area (Å²) in [6.07, 6.45) is 0.207. The van der Waals surface area contributed by atoms with E-state index in [9.17, 15) is 28.0 Å². The van der Waals surface area contributed by atoms with E-state index >= 15 is 0 Å². The molecule has 2 fully saturated rings. The molecule has 2 atom stereocenters. The number of likely N-dealkylation sites (tertiary alicyclic amines) is 1. The summed E-state index contributed by atoms with van der Waals surface area (Å²) in [7, 11) is 0. The fourth-order valence-corrected chi connectivity index (χ4v) is 4.12. The summed E-state index contributed by atoms with van der Waals surface area (Å²) in [6.45, 7) is -0.121. The lowest BCUT2D eigenvalue weighted by atomic mass is 9.98. The van der Waals surface area contributed by atoms with Gasteiger partial charge in [0.1, 0.15) is 6.04 Å². The van der Waals surface area contributed by atoms with Crippen molar-refractivity contribution in [2.75, 3.05) is 13.1 Å². The van der Waals surface area contributed by atoms with Gasteiger partial charge in [0.2, 0.25) is 11.8 Å². The van der Waals surface area contributed by atoms with Crippen LogP contribution in [0.15, 0.2) is 18.2 Å². The van der Waals surface area contributed by atoms with Gasteiger partial charge in [0.15, 0.2) is 0 Å². The maximum atomic E-state index is 14.0. The van der Waals surface area contributed by atoms with Crippen LogP contribution in [-0.4, -0.2) is 64.5 Å². The van der Waals surface area contributed by atoms with Crippen molar-refractivity contribution in [3.05, 3.63) is 34.9 Å². The number of carbonyl (C=O) groups is 4. The Labute approximate surface area is 165 Å². The van der Waals surface area contributed by atoms with E-state index in [0.717, 1.165) is 4.90 Å². The Kier molecular flexibility index (Phi) is 4.70. The van der Waals surface area contributed by atoms with Crippen LogP contribution in [0, 0.1) is 0 Å². The maximum Gasteiger partial charge on any atom is 0.275 e. The van der Waals surface area contributed by atoms with E-state index in [2.05, 4.69) is 5.32 Å². The summed E-state index contributed by atoms with van der Waals surface area (Å²) in [5.74, 6) is -5.44. The Morgan fingerprint density at radius 3 is 2.59 bits per heavy atom. The number of halogens is 2. The van der Waals surface area contributed by atoms with Crippen molar-refractivity contribution < 1.29 is 28.0 Å². The molecule has 3 aliphatic rings. The van der Waals surface area contributed by atoms with Crippen LogP contribution in [0.1, 0.15) is 45.5 Å². The quantitative estimate of drug-likeness (QED) is 0.696. The number of nitrogens with zero attached hydrogens (tertiary/aromatic N) is 2. The Balaban J connectivity index is 1.60. The first kappa shape index (κ1) is 19.6. The molecule has 0 radical (unpaired) electrons. The minimum absolute atomic E-state index is 0.0276. The van der Waals surface area contributed by atoms with E-state index in [4.69, 9.17) is 5.73 Å². The molecule has 8 nitrogen and oxygen atoms in total. The molecule has 0 bridgehead atoms. The van der Waals surface area contributed by atoms with Crippen molar-refractivity contribution in [2.45, 2.75) is 43.8 Å². The SMILES string of the molecule is NC1CCN(Cc2cccc3c2C(=O)N(C2CCC(=O)NC2=O)C3=O)CC1(F)F. The highest BCUT2D eigenvalue weighted by Gasteiger charge is 2.46. The number of hydrogen-bond donors (Lipinski definition) is 2. The van der Waals surface area contributed by atoms with Gasteiger partial charge in [0.25, 0.3) is 17.7 Å². The summed E-state index contributed by atoms with van der Waals surface area (Å²) in [5.41, 5.74) is 6.19. The largest absolute Gasteiger partial charge is 0.323 e. The standard InChI is InChI=1S/C19H20F2N4O4/c20-19(21)9-24(7-6-13(19)22)8-10-2-1-3-11-15(10)18(29)25(17(11)28)12-4-5-14(26)23-16(12)27/h1-3,12-13H,4-9,22H2,(H,23,26,27). The van der Waals surface area contributed by atoms with Gasteiger partial charge in [0, 0.05) is 19.5 Å². The van der Waals surface area contributed by atoms with Gasteiger partial charge in [-0.1, -0.05) is 12.1 Å². The number of amides is 4. The van der Waals surface area contributed by atoms with E-state index in [-0.39, 0.29) is 36.9 Å². The van der Waals surface area contributed by atoms with Gasteiger partial charge in [-0.15, -0.1) is 0 Å². The van der Waals surface area contributed by atoms with Crippen LogP contribution in [0.3, 0.4) is 0 Å². The van der Waals surface area contributed by atoms with Gasteiger partial charge in [0.05, 0.1) is 23.7 Å². The number of fused-ring (bicyclic) bond motifs is 1. The fraction of sp³-hybridized carbons (Fsp3) is 0.474. The third-order valence-corrected chi connectivity index (χ3v) is 5.68. The van der Waals surface area contributed by atoms with Gasteiger partial charge >= 0.3 is 0 Å². The Morgan fingerprint density at radius 2 is 1.90 bits per heavy atom. The van der Waals surface area contributed by atoms with E-state index in [1.165, 1.54) is 11.0 Å². The molecule has 0 saturated carbocycles. The molecule has 4 amide bonds. The smallest absolute Gasteiger partial charge is 0.275 e. The third kappa shape index (κ3) is 3.32. The van der Waals surface area contributed by atoms with E-state index < -0.39 is 48.2 Å². The number of piperidine rings is 2. The number of imide groups is 2. The second kappa shape index (κ2) is 6.96. The van der Waals surface area contributed by atoms with Crippen LogP contribution in [0.5, 0.6) is 0 Å². The summed E-state index contributed by atoms with van der Waals surface area (Å²) in [4.78, 5) is 51.7. The van der Waals surface area contributed by atoms with E-state index in [1.807, 2.05) is 0 Å². The highest BCUT2D eigenvalue weighted by Crippen LogP contribution is 2.32. The third-order valence-electron chi connectivity index (χ3n) is 5.68. The molecule has 1 aromatic rings. The van der Waals surface area contributed by atoms with Crippen molar-refractivity contribution in [3.8, 4) is 0 Å². The molecular formula is C19H20F2N4O4. The number of carbonyl (C=O) groups excluding carboxylic acids is 4. The van der Waals surface area contributed by atoms with Crippen molar-refractivity contribution in [3.63, 3.8) is 0 Å². The molecule has 3 N–H and O–H groups in total. The van der Waals surface area contributed by atoms with Crippen molar-refractivity contribution in [1.29, 1.82) is 0 Å². The normalized spacial score (nSPS) is 27.2. The number of benzene rings is 1. The Bertz CT molecular complexity index is 919. The van der Waals surface area contributed by atoms with Crippen molar-refractivity contribution >= 4 is 23.6 Å². The molecular weight excluding hydrogens is 386 g/mol. The number of nitrogens with one attached hydrogen (secondary N) is 1. The molecule has 2 saturated heterocycles. The van der Waals surface area contributed by atoms with Crippen molar-refractivity contribution in [2.24, 2.45) is 5.73 Å². The predicted molar refractivity (Wildman–Crippen MR) is 95.9 cm³/mol. The second-order valence-corrected chi connectivity index (χ2v) is 7.65. The lowest BCUT2D eigenvalue weighted by Gasteiger charge is -2.36. The molecule has 154 valence electrons. The maximum absolute atomic E-state index is 14.0. The van der Waals surface area contributed by atoms with Crippen molar-refractivity contribution in [1.82, 2.24) is 15.1 Å². The fourth-order valence-electron chi connectivity index (χ4n) is 4.12. The average Bonchev–Trinajstić information content (AvgIpc) is 2.90. The molecule has 0 aromatic heterocycles. The summed E-state index contributed by atoms with van der Waals surface area (Å²) in [5, 5.41) is 2.14. The molecule has 0 spiro atoms. The van der Waals surface area contributed by atoms with E-state index in [1.54, 1.807) is 12.1 Å². The number of nitrogens with two attached hydrogens (primary N) is 1. The molecule has 2 unspecified atom stereocenters. The van der Waals surface area contributed by atoms with Gasteiger partial charge in [-0.2, -0.15) is 0 Å². The first-order valence-corrected chi connectivity index (χ1v) is 9.38. The molecule has 4 rings (SSSR count). The summed E-state index contributed by atoms with van der Waals surface area (Å²) >= 11 is 0. The highest BCUT2D eigenvalue weighted by atomic mass is 19.3. The predicted octanol–water partition coefficient (Wildman–Crippen LogP) is 0.256. The Morgan fingerprint density at radius 1 is 1.14 bits per heavy atom. The monoisotopic (exact) mass is 406 g/mol. The van der Waals surface area contributed by atoms with E-state index in [0.29, 0.717) is 12.1 Å². The first-order chi connectivity index (χ1) is 13.7. The summed E-state index contributed by atoms with van der Waals surface area (Å²) in [6, 6.07) is 2.41. The molecule has 3 heterocycles. The minimum atomic E-state index is -3.03. The number of alkyl halides is 2. The lowest BCUT2D eigenvalue weighted by molar-refractivity contribution is -0.136. The van der Waals surface area contributed by atoms with Gasteiger partial charge in [-0.3, -0.25) is 34.3 Å². The molecule has 29 heavy (non-hydrogen) atoms. The van der Waals surface area contributed by atoms with Crippen LogP contribution in [-0.2, 0) is 16.1 Å². The molecule has 3 aliphatic heterocycles. The Hall–Kier alpha value is -2.72. The van der Waals surface area contributed by atoms with Crippen LogP contribution in [0.25, 0.3) is 0 Å². The highest BCUT2D eigenvalue weighted by molar-refractivity contribution is 6.24. The summed E-state index contributed by atoms with van der Waals surface area (Å²) < 4.78 is 28.0. The second-order valence-electron chi connectivity index (χ2n) is 7.65. The van der Waals surface area contributed by atoms with Gasteiger partial charge in [-0.05, 0) is 24.5 Å². The first-order valence-electron chi connectivity index (χ1n) is 9.38. The van der Waals surface area contributed by atoms with Crippen LogP contribution in [0.4, 0.5) is 8.78 Å².